The molecule has 1 aliphatic rings. The van der Waals surface area contributed by atoms with Gasteiger partial charge in [0.25, 0.3) is 5.91 Å². The molecule has 0 atom stereocenters. The monoisotopic (exact) mass is 469 g/mol. The molecule has 1 amide bonds. The number of carbonyl (C=O) groups excluding carboxylic acids is 1. The standard InChI is InChI=1S/C27H31N7O/c1-16-7-10-20(30-26(35)21-11-19(27(3,4)5)13-28-17(21)2)12-23(16)34-15-22(31-32-34)24-14-29-25(33(24)6)18-8-9-18/h7,10-15,18H,8-9H2,1-6H3,(H,30,35). The van der Waals surface area contributed by atoms with Crippen LogP contribution in [0.3, 0.4) is 0 Å². The van der Waals surface area contributed by atoms with E-state index in [1.165, 1.54) is 12.8 Å². The van der Waals surface area contributed by atoms with E-state index in [9.17, 15) is 4.79 Å². The number of hydrogen-bond acceptors (Lipinski definition) is 5. The number of aromatic nitrogens is 6. The van der Waals surface area contributed by atoms with E-state index in [4.69, 9.17) is 0 Å². The summed E-state index contributed by atoms with van der Waals surface area (Å²) in [6.45, 7) is 10.2. The second-order valence-corrected chi connectivity index (χ2v) is 10.4. The molecule has 8 heteroatoms. The Kier molecular flexibility index (Phi) is 5.54. The van der Waals surface area contributed by atoms with Crippen molar-refractivity contribution in [1.29, 1.82) is 0 Å². The Morgan fingerprint density at radius 1 is 1.09 bits per heavy atom. The van der Waals surface area contributed by atoms with Crippen LogP contribution in [0.25, 0.3) is 17.1 Å². The SMILES string of the molecule is Cc1ccc(NC(=O)c2cc(C(C)(C)C)cnc2C)cc1-n1cc(-c2cnc(C3CC3)n2C)nn1. The molecule has 3 heterocycles. The lowest BCUT2D eigenvalue weighted by Crippen LogP contribution is -2.18. The highest BCUT2D eigenvalue weighted by Gasteiger charge is 2.29. The van der Waals surface area contributed by atoms with Crippen LogP contribution >= 0.6 is 0 Å². The fraction of sp³-hybridized carbons (Fsp3) is 0.370. The van der Waals surface area contributed by atoms with Gasteiger partial charge in [0.2, 0.25) is 0 Å². The van der Waals surface area contributed by atoms with Crippen molar-refractivity contribution in [3.8, 4) is 17.1 Å². The number of hydrogen-bond donors (Lipinski definition) is 1. The summed E-state index contributed by atoms with van der Waals surface area (Å²) in [4.78, 5) is 22.2. The molecule has 1 aromatic carbocycles. The Balaban J connectivity index is 1.41. The van der Waals surface area contributed by atoms with Crippen LogP contribution in [0.2, 0.25) is 0 Å². The van der Waals surface area contributed by atoms with Crippen molar-refractivity contribution < 1.29 is 4.79 Å². The molecule has 0 saturated heterocycles. The lowest BCUT2D eigenvalue weighted by molar-refractivity contribution is 0.102. The van der Waals surface area contributed by atoms with E-state index in [2.05, 4.69) is 50.9 Å². The second-order valence-electron chi connectivity index (χ2n) is 10.4. The third-order valence-corrected chi connectivity index (χ3v) is 6.63. The number of imidazole rings is 1. The summed E-state index contributed by atoms with van der Waals surface area (Å²) in [5, 5.41) is 11.8. The number of amides is 1. The van der Waals surface area contributed by atoms with E-state index >= 15 is 0 Å². The molecule has 35 heavy (non-hydrogen) atoms. The van der Waals surface area contributed by atoms with Gasteiger partial charge in [-0.05, 0) is 61.4 Å². The topological polar surface area (TPSA) is 90.5 Å². The molecule has 1 fully saturated rings. The molecule has 0 radical (unpaired) electrons. The first-order valence-corrected chi connectivity index (χ1v) is 12.0. The number of pyridine rings is 1. The predicted molar refractivity (Wildman–Crippen MR) is 136 cm³/mol. The van der Waals surface area contributed by atoms with Crippen LogP contribution in [0.15, 0.2) is 42.9 Å². The summed E-state index contributed by atoms with van der Waals surface area (Å²) in [6, 6.07) is 7.72. The smallest absolute Gasteiger partial charge is 0.257 e. The van der Waals surface area contributed by atoms with Crippen molar-refractivity contribution in [2.75, 3.05) is 5.32 Å². The van der Waals surface area contributed by atoms with Crippen molar-refractivity contribution in [3.63, 3.8) is 0 Å². The molecule has 1 saturated carbocycles. The molecule has 0 unspecified atom stereocenters. The van der Waals surface area contributed by atoms with E-state index in [0.29, 0.717) is 22.9 Å². The van der Waals surface area contributed by atoms with Crippen LogP contribution in [0.1, 0.15) is 72.5 Å². The maximum absolute atomic E-state index is 13.1. The van der Waals surface area contributed by atoms with Crippen LogP contribution in [-0.2, 0) is 12.5 Å². The molecule has 4 aromatic rings. The van der Waals surface area contributed by atoms with Crippen molar-refractivity contribution in [2.45, 2.75) is 58.8 Å². The first kappa shape index (κ1) is 23.0. The number of anilines is 1. The fourth-order valence-electron chi connectivity index (χ4n) is 4.19. The Bertz CT molecular complexity index is 1420. The van der Waals surface area contributed by atoms with E-state index in [1.54, 1.807) is 4.68 Å². The summed E-state index contributed by atoms with van der Waals surface area (Å²) in [5.74, 6) is 1.49. The minimum absolute atomic E-state index is 0.0924. The van der Waals surface area contributed by atoms with Gasteiger partial charge in [0, 0.05) is 30.5 Å². The molecule has 1 aliphatic carbocycles. The maximum Gasteiger partial charge on any atom is 0.257 e. The lowest BCUT2D eigenvalue weighted by Gasteiger charge is -2.20. The molecular weight excluding hydrogens is 438 g/mol. The number of benzene rings is 1. The highest BCUT2D eigenvalue weighted by Crippen LogP contribution is 2.40. The first-order chi connectivity index (χ1) is 16.6. The van der Waals surface area contributed by atoms with Crippen molar-refractivity contribution in [3.05, 3.63) is 71.1 Å². The van der Waals surface area contributed by atoms with E-state index in [1.807, 2.05) is 63.8 Å². The molecule has 3 aromatic heterocycles. The van der Waals surface area contributed by atoms with Gasteiger partial charge in [0.05, 0.1) is 29.3 Å². The van der Waals surface area contributed by atoms with Crippen molar-refractivity contribution in [2.24, 2.45) is 7.05 Å². The molecule has 0 spiro atoms. The van der Waals surface area contributed by atoms with E-state index in [0.717, 1.165) is 34.0 Å². The highest BCUT2D eigenvalue weighted by atomic mass is 16.1. The van der Waals surface area contributed by atoms with Gasteiger partial charge in [-0.1, -0.05) is 32.1 Å². The molecule has 180 valence electrons. The average molecular weight is 470 g/mol. The minimum Gasteiger partial charge on any atom is -0.330 e. The normalized spacial score (nSPS) is 13.8. The number of nitrogens with one attached hydrogen (secondary N) is 1. The van der Waals surface area contributed by atoms with Gasteiger partial charge in [-0.25, -0.2) is 9.67 Å². The number of nitrogens with zero attached hydrogens (tertiary/aromatic N) is 6. The van der Waals surface area contributed by atoms with Gasteiger partial charge in [-0.15, -0.1) is 5.10 Å². The molecule has 5 rings (SSSR count). The summed E-state index contributed by atoms with van der Waals surface area (Å²) in [6.07, 6.45) is 8.01. The largest absolute Gasteiger partial charge is 0.330 e. The number of aryl methyl sites for hydroxylation is 2. The summed E-state index contributed by atoms with van der Waals surface area (Å²) in [7, 11) is 2.03. The van der Waals surface area contributed by atoms with Gasteiger partial charge >= 0.3 is 0 Å². The maximum atomic E-state index is 13.1. The Labute approximate surface area is 205 Å². The summed E-state index contributed by atoms with van der Waals surface area (Å²) < 4.78 is 3.86. The zero-order valence-electron chi connectivity index (χ0n) is 21.1. The third-order valence-electron chi connectivity index (χ3n) is 6.63. The molecule has 0 bridgehead atoms. The Hall–Kier alpha value is -3.81. The Morgan fingerprint density at radius 3 is 2.57 bits per heavy atom. The molecule has 0 aliphatic heterocycles. The fourth-order valence-corrected chi connectivity index (χ4v) is 4.19. The van der Waals surface area contributed by atoms with E-state index in [-0.39, 0.29) is 11.3 Å². The first-order valence-electron chi connectivity index (χ1n) is 12.0. The third kappa shape index (κ3) is 4.48. The van der Waals surface area contributed by atoms with Gasteiger partial charge in [0.1, 0.15) is 11.5 Å². The average Bonchev–Trinajstić information content (AvgIpc) is 3.40. The van der Waals surface area contributed by atoms with Gasteiger partial charge in [-0.2, -0.15) is 0 Å². The van der Waals surface area contributed by atoms with Crippen LogP contribution in [0, 0.1) is 13.8 Å². The second kappa shape index (κ2) is 8.45. The molecule has 8 nitrogen and oxygen atoms in total. The quantitative estimate of drug-likeness (QED) is 0.439. The summed E-state index contributed by atoms with van der Waals surface area (Å²) >= 11 is 0. The van der Waals surface area contributed by atoms with Gasteiger partial charge in [0.15, 0.2) is 0 Å². The van der Waals surface area contributed by atoms with Gasteiger partial charge in [-0.3, -0.25) is 9.78 Å². The van der Waals surface area contributed by atoms with Crippen LogP contribution < -0.4 is 5.32 Å². The molecule has 1 N–H and O–H groups in total. The lowest BCUT2D eigenvalue weighted by atomic mass is 9.87. The van der Waals surface area contributed by atoms with Crippen molar-refractivity contribution in [1.82, 2.24) is 29.5 Å². The number of carbonyl (C=O) groups is 1. The zero-order valence-corrected chi connectivity index (χ0v) is 21.1. The van der Waals surface area contributed by atoms with Crippen LogP contribution in [-0.4, -0.2) is 35.4 Å². The highest BCUT2D eigenvalue weighted by molar-refractivity contribution is 6.05. The van der Waals surface area contributed by atoms with Crippen LogP contribution in [0.4, 0.5) is 5.69 Å². The van der Waals surface area contributed by atoms with Crippen LogP contribution in [0.5, 0.6) is 0 Å². The number of rotatable bonds is 5. The Morgan fingerprint density at radius 2 is 1.86 bits per heavy atom. The van der Waals surface area contributed by atoms with Gasteiger partial charge < -0.3 is 9.88 Å². The van der Waals surface area contributed by atoms with Crippen molar-refractivity contribution >= 4 is 11.6 Å². The zero-order chi connectivity index (χ0) is 24.9. The predicted octanol–water partition coefficient (Wildman–Crippen LogP) is 5.11. The molecular formula is C27H31N7O. The minimum atomic E-state index is -0.183. The van der Waals surface area contributed by atoms with E-state index < -0.39 is 0 Å². The summed E-state index contributed by atoms with van der Waals surface area (Å²) in [5.41, 5.74) is 6.47.